The highest BCUT2D eigenvalue weighted by atomic mass is 35.5. The van der Waals surface area contributed by atoms with Gasteiger partial charge < -0.3 is 5.11 Å². The lowest BCUT2D eigenvalue weighted by Gasteiger charge is -2.07. The summed E-state index contributed by atoms with van der Waals surface area (Å²) in [6.45, 7) is 0. The second-order valence-electron chi connectivity index (χ2n) is 2.71. The van der Waals surface area contributed by atoms with Gasteiger partial charge in [-0.1, -0.05) is 29.8 Å². The van der Waals surface area contributed by atoms with Gasteiger partial charge in [-0.3, -0.25) is 0 Å². The van der Waals surface area contributed by atoms with Crippen molar-refractivity contribution in [3.8, 4) is 0 Å². The van der Waals surface area contributed by atoms with Crippen LogP contribution in [0.5, 0.6) is 0 Å². The Bertz CT molecular complexity index is 417. The molecule has 1 aromatic heterocycles. The van der Waals surface area contributed by atoms with E-state index in [1.54, 1.807) is 24.3 Å². The summed E-state index contributed by atoms with van der Waals surface area (Å²) in [6.07, 6.45) is -0.918. The van der Waals surface area contributed by atoms with Crippen molar-refractivity contribution in [2.24, 2.45) is 0 Å². The number of aliphatic hydroxyl groups excluding tert-OH is 1. The summed E-state index contributed by atoms with van der Waals surface area (Å²) in [7, 11) is 0. The molecule has 0 aliphatic heterocycles. The second-order valence-corrected chi connectivity index (χ2v) is 3.12. The van der Waals surface area contributed by atoms with Crippen LogP contribution >= 0.6 is 11.6 Å². The number of aromatic amines is 1. The van der Waals surface area contributed by atoms with Crippen LogP contribution in [0.1, 0.15) is 17.5 Å². The van der Waals surface area contributed by atoms with E-state index in [2.05, 4.69) is 20.6 Å². The fraction of sp³-hybridized carbons (Fsp3) is 0.125. The van der Waals surface area contributed by atoms with Gasteiger partial charge in [0.2, 0.25) is 0 Å². The zero-order valence-electron chi connectivity index (χ0n) is 7.05. The van der Waals surface area contributed by atoms with Crippen molar-refractivity contribution in [3.05, 3.63) is 40.7 Å². The zero-order valence-corrected chi connectivity index (χ0v) is 7.81. The summed E-state index contributed by atoms with van der Waals surface area (Å²) in [5.74, 6) is 0.276. The van der Waals surface area contributed by atoms with Gasteiger partial charge in [0.05, 0.1) is 0 Å². The Balaban J connectivity index is 2.37. The quantitative estimate of drug-likeness (QED) is 0.774. The van der Waals surface area contributed by atoms with Crippen LogP contribution in [0.3, 0.4) is 0 Å². The van der Waals surface area contributed by atoms with Crippen LogP contribution in [-0.4, -0.2) is 25.7 Å². The van der Waals surface area contributed by atoms with Gasteiger partial charge >= 0.3 is 0 Å². The molecule has 6 heteroatoms. The SMILES string of the molecule is OC(c1nnn[nH]1)c1ccccc1Cl. The van der Waals surface area contributed by atoms with Crippen molar-refractivity contribution in [2.75, 3.05) is 0 Å². The second kappa shape index (κ2) is 3.73. The van der Waals surface area contributed by atoms with Gasteiger partial charge in [0, 0.05) is 10.6 Å². The molecular formula is C8H7ClN4O. The van der Waals surface area contributed by atoms with E-state index in [0.717, 1.165) is 0 Å². The van der Waals surface area contributed by atoms with Crippen molar-refractivity contribution in [1.82, 2.24) is 20.6 Å². The van der Waals surface area contributed by atoms with Crippen molar-refractivity contribution < 1.29 is 5.11 Å². The topological polar surface area (TPSA) is 74.7 Å². The van der Waals surface area contributed by atoms with Crippen molar-refractivity contribution in [2.45, 2.75) is 6.10 Å². The lowest BCUT2D eigenvalue weighted by molar-refractivity contribution is 0.210. The lowest BCUT2D eigenvalue weighted by atomic mass is 10.1. The first-order chi connectivity index (χ1) is 6.79. The van der Waals surface area contributed by atoms with Gasteiger partial charge in [-0.05, 0) is 16.5 Å². The molecule has 0 bridgehead atoms. The molecule has 2 aromatic rings. The largest absolute Gasteiger partial charge is 0.380 e. The van der Waals surface area contributed by atoms with Crippen LogP contribution in [-0.2, 0) is 0 Å². The van der Waals surface area contributed by atoms with Crippen molar-refractivity contribution >= 4 is 11.6 Å². The Labute approximate surface area is 84.7 Å². The van der Waals surface area contributed by atoms with E-state index in [0.29, 0.717) is 10.6 Å². The normalized spacial score (nSPS) is 12.7. The lowest BCUT2D eigenvalue weighted by Crippen LogP contribution is -2.02. The molecule has 14 heavy (non-hydrogen) atoms. The molecule has 0 aliphatic carbocycles. The number of hydrogen-bond acceptors (Lipinski definition) is 4. The Morgan fingerprint density at radius 2 is 2.14 bits per heavy atom. The first-order valence-electron chi connectivity index (χ1n) is 3.95. The van der Waals surface area contributed by atoms with Crippen molar-refractivity contribution in [3.63, 3.8) is 0 Å². The summed E-state index contributed by atoms with van der Waals surface area (Å²) in [5, 5.41) is 23.1. The minimum absolute atomic E-state index is 0.276. The van der Waals surface area contributed by atoms with Crippen LogP contribution in [0.2, 0.25) is 5.02 Å². The fourth-order valence-electron chi connectivity index (χ4n) is 1.13. The number of H-pyrrole nitrogens is 1. The van der Waals surface area contributed by atoms with E-state index in [-0.39, 0.29) is 5.82 Å². The molecule has 1 heterocycles. The molecular weight excluding hydrogens is 204 g/mol. The third-order valence-electron chi connectivity index (χ3n) is 1.82. The summed E-state index contributed by atoms with van der Waals surface area (Å²) in [6, 6.07) is 6.99. The highest BCUT2D eigenvalue weighted by Gasteiger charge is 2.16. The number of nitrogens with one attached hydrogen (secondary N) is 1. The summed E-state index contributed by atoms with van der Waals surface area (Å²) in [4.78, 5) is 0. The number of hydrogen-bond donors (Lipinski definition) is 2. The van der Waals surface area contributed by atoms with Gasteiger partial charge in [0.15, 0.2) is 5.82 Å². The van der Waals surface area contributed by atoms with Crippen LogP contribution in [0, 0.1) is 0 Å². The Hall–Kier alpha value is -1.46. The smallest absolute Gasteiger partial charge is 0.182 e. The van der Waals surface area contributed by atoms with Crippen LogP contribution < -0.4 is 0 Å². The molecule has 1 unspecified atom stereocenters. The van der Waals surface area contributed by atoms with Crippen molar-refractivity contribution in [1.29, 1.82) is 0 Å². The maximum Gasteiger partial charge on any atom is 0.182 e. The highest BCUT2D eigenvalue weighted by molar-refractivity contribution is 6.31. The predicted octanol–water partition coefficient (Wildman–Crippen LogP) is 0.935. The molecule has 1 aromatic carbocycles. The van der Waals surface area contributed by atoms with E-state index in [1.807, 2.05) is 0 Å². The van der Waals surface area contributed by atoms with E-state index < -0.39 is 6.10 Å². The zero-order chi connectivity index (χ0) is 9.97. The third kappa shape index (κ3) is 1.59. The number of aliphatic hydroxyl groups is 1. The summed E-state index contributed by atoms with van der Waals surface area (Å²) >= 11 is 5.89. The minimum atomic E-state index is -0.918. The molecule has 0 saturated heterocycles. The molecule has 0 amide bonds. The van der Waals surface area contributed by atoms with Crippen LogP contribution in [0.15, 0.2) is 24.3 Å². The number of tetrazole rings is 1. The van der Waals surface area contributed by atoms with E-state index in [9.17, 15) is 5.11 Å². The van der Waals surface area contributed by atoms with E-state index >= 15 is 0 Å². The number of rotatable bonds is 2. The fourth-order valence-corrected chi connectivity index (χ4v) is 1.37. The Morgan fingerprint density at radius 1 is 1.36 bits per heavy atom. The molecule has 5 nitrogen and oxygen atoms in total. The molecule has 0 radical (unpaired) electrons. The molecule has 2 N–H and O–H groups in total. The molecule has 0 spiro atoms. The Morgan fingerprint density at radius 3 is 2.79 bits per heavy atom. The van der Waals surface area contributed by atoms with Gasteiger partial charge in [-0.2, -0.15) is 0 Å². The summed E-state index contributed by atoms with van der Waals surface area (Å²) < 4.78 is 0. The standard InChI is InChI=1S/C8H7ClN4O/c9-6-4-2-1-3-5(6)7(14)8-10-12-13-11-8/h1-4,7,14H,(H,10,11,12,13). The number of aromatic nitrogens is 4. The average molecular weight is 211 g/mol. The average Bonchev–Trinajstić information content (AvgIpc) is 2.70. The molecule has 1 atom stereocenters. The number of nitrogens with zero attached hydrogens (tertiary/aromatic N) is 3. The van der Waals surface area contributed by atoms with E-state index in [4.69, 9.17) is 11.6 Å². The Kier molecular flexibility index (Phi) is 2.43. The first-order valence-corrected chi connectivity index (χ1v) is 4.33. The van der Waals surface area contributed by atoms with Gasteiger partial charge in [0.25, 0.3) is 0 Å². The summed E-state index contributed by atoms with van der Waals surface area (Å²) in [5.41, 5.74) is 0.577. The number of halogens is 1. The number of benzene rings is 1. The first kappa shape index (κ1) is 9.11. The molecule has 0 saturated carbocycles. The van der Waals surface area contributed by atoms with E-state index in [1.165, 1.54) is 0 Å². The maximum absolute atomic E-state index is 9.80. The van der Waals surface area contributed by atoms with Crippen LogP contribution in [0.4, 0.5) is 0 Å². The molecule has 0 aliphatic rings. The molecule has 72 valence electrons. The highest BCUT2D eigenvalue weighted by Crippen LogP contribution is 2.25. The maximum atomic E-state index is 9.80. The minimum Gasteiger partial charge on any atom is -0.380 e. The molecule has 0 fully saturated rings. The predicted molar refractivity (Wildman–Crippen MR) is 49.7 cm³/mol. The van der Waals surface area contributed by atoms with Gasteiger partial charge in [-0.15, -0.1) is 5.10 Å². The van der Waals surface area contributed by atoms with Gasteiger partial charge in [0.1, 0.15) is 6.10 Å². The molecule has 2 rings (SSSR count). The third-order valence-corrected chi connectivity index (χ3v) is 2.16. The van der Waals surface area contributed by atoms with Gasteiger partial charge in [-0.25, -0.2) is 5.10 Å². The monoisotopic (exact) mass is 210 g/mol. The van der Waals surface area contributed by atoms with Crippen LogP contribution in [0.25, 0.3) is 0 Å².